The van der Waals surface area contributed by atoms with Crippen LogP contribution in [0.2, 0.25) is 0 Å². The van der Waals surface area contributed by atoms with Crippen molar-refractivity contribution in [1.29, 1.82) is 0 Å². The van der Waals surface area contributed by atoms with E-state index in [4.69, 9.17) is 0 Å². The van der Waals surface area contributed by atoms with Crippen LogP contribution in [0.3, 0.4) is 0 Å². The normalized spacial score (nSPS) is 12.3. The van der Waals surface area contributed by atoms with Gasteiger partial charge in [0.05, 0.1) is 12.7 Å². The molecule has 0 saturated carbocycles. The summed E-state index contributed by atoms with van der Waals surface area (Å²) in [6.45, 7) is 2.61. The molecule has 0 spiro atoms. The molecule has 0 fully saturated rings. The predicted octanol–water partition coefficient (Wildman–Crippen LogP) is 2.23. The Bertz CT molecular complexity index is 462. The molecular formula is C13H14N2O. The molecule has 1 aromatic heterocycles. The Hall–Kier alpha value is -1.90. The summed E-state index contributed by atoms with van der Waals surface area (Å²) in [4.78, 5) is 10.6. The topological polar surface area (TPSA) is 34.9 Å². The van der Waals surface area contributed by atoms with E-state index < -0.39 is 0 Å². The number of aldehydes is 1. The van der Waals surface area contributed by atoms with E-state index in [-0.39, 0.29) is 5.92 Å². The summed E-state index contributed by atoms with van der Waals surface area (Å²) in [5.41, 5.74) is 2.17. The molecule has 2 aromatic rings. The lowest BCUT2D eigenvalue weighted by atomic mass is 10.1. The van der Waals surface area contributed by atoms with Gasteiger partial charge in [-0.1, -0.05) is 37.3 Å². The maximum absolute atomic E-state index is 10.6. The van der Waals surface area contributed by atoms with Crippen LogP contribution in [0.5, 0.6) is 0 Å². The summed E-state index contributed by atoms with van der Waals surface area (Å²) in [5, 5.41) is 4.24. The second kappa shape index (κ2) is 4.75. The van der Waals surface area contributed by atoms with Crippen molar-refractivity contribution in [2.75, 3.05) is 0 Å². The number of hydrogen-bond donors (Lipinski definition) is 0. The lowest BCUT2D eigenvalue weighted by molar-refractivity contribution is -0.108. The fourth-order valence-corrected chi connectivity index (χ4v) is 1.55. The van der Waals surface area contributed by atoms with Crippen molar-refractivity contribution < 1.29 is 4.79 Å². The quantitative estimate of drug-likeness (QED) is 0.731. The second-order valence-corrected chi connectivity index (χ2v) is 3.88. The van der Waals surface area contributed by atoms with Gasteiger partial charge in [-0.05, 0) is 11.1 Å². The Morgan fingerprint density at radius 3 is 2.81 bits per heavy atom. The molecule has 1 heterocycles. The molecule has 1 atom stereocenters. The van der Waals surface area contributed by atoms with Crippen molar-refractivity contribution in [2.45, 2.75) is 19.4 Å². The van der Waals surface area contributed by atoms with E-state index in [0.29, 0.717) is 0 Å². The van der Waals surface area contributed by atoms with Crippen LogP contribution in [0.15, 0.2) is 42.7 Å². The maximum Gasteiger partial charge on any atom is 0.127 e. The van der Waals surface area contributed by atoms with E-state index in [0.717, 1.165) is 18.4 Å². The number of hydrogen-bond acceptors (Lipinski definition) is 2. The molecule has 0 aliphatic heterocycles. The van der Waals surface area contributed by atoms with Crippen LogP contribution in [0, 0.1) is 0 Å². The number of nitrogens with zero attached hydrogens (tertiary/aromatic N) is 2. The zero-order valence-electron chi connectivity index (χ0n) is 9.21. The van der Waals surface area contributed by atoms with Gasteiger partial charge >= 0.3 is 0 Å². The lowest BCUT2D eigenvalue weighted by Gasteiger charge is -2.01. The molecule has 0 aliphatic rings. The van der Waals surface area contributed by atoms with Crippen molar-refractivity contribution in [3.05, 3.63) is 53.9 Å². The first-order valence-electron chi connectivity index (χ1n) is 5.31. The van der Waals surface area contributed by atoms with Gasteiger partial charge in [0.2, 0.25) is 0 Å². The SMILES string of the molecule is CC(C=O)c1cnn(Cc2ccccc2)c1. The van der Waals surface area contributed by atoms with E-state index in [1.165, 1.54) is 5.56 Å². The van der Waals surface area contributed by atoms with Crippen molar-refractivity contribution in [3.63, 3.8) is 0 Å². The number of aromatic nitrogens is 2. The number of carbonyl (C=O) groups is 1. The van der Waals surface area contributed by atoms with E-state index in [1.54, 1.807) is 6.20 Å². The summed E-state index contributed by atoms with van der Waals surface area (Å²) in [7, 11) is 0. The summed E-state index contributed by atoms with van der Waals surface area (Å²) >= 11 is 0. The van der Waals surface area contributed by atoms with Gasteiger partial charge in [0, 0.05) is 12.1 Å². The van der Waals surface area contributed by atoms with Gasteiger partial charge < -0.3 is 4.79 Å². The molecule has 3 heteroatoms. The fourth-order valence-electron chi connectivity index (χ4n) is 1.55. The Labute approximate surface area is 94.7 Å². The molecule has 0 N–H and O–H groups in total. The summed E-state index contributed by atoms with van der Waals surface area (Å²) in [6.07, 6.45) is 4.61. The van der Waals surface area contributed by atoms with Crippen LogP contribution in [0.25, 0.3) is 0 Å². The van der Waals surface area contributed by atoms with Gasteiger partial charge in [0.15, 0.2) is 0 Å². The first-order chi connectivity index (χ1) is 7.79. The monoisotopic (exact) mass is 214 g/mol. The van der Waals surface area contributed by atoms with Crippen LogP contribution in [-0.2, 0) is 11.3 Å². The third-order valence-corrected chi connectivity index (χ3v) is 2.57. The van der Waals surface area contributed by atoms with E-state index in [9.17, 15) is 4.79 Å². The second-order valence-electron chi connectivity index (χ2n) is 3.88. The van der Waals surface area contributed by atoms with Crippen LogP contribution in [0.1, 0.15) is 24.0 Å². The molecular weight excluding hydrogens is 200 g/mol. The Kier molecular flexibility index (Phi) is 3.15. The van der Waals surface area contributed by atoms with Crippen molar-refractivity contribution in [2.24, 2.45) is 0 Å². The van der Waals surface area contributed by atoms with E-state index >= 15 is 0 Å². The molecule has 16 heavy (non-hydrogen) atoms. The third-order valence-electron chi connectivity index (χ3n) is 2.57. The zero-order valence-corrected chi connectivity index (χ0v) is 9.21. The Morgan fingerprint density at radius 2 is 2.12 bits per heavy atom. The van der Waals surface area contributed by atoms with Crippen LogP contribution < -0.4 is 0 Å². The minimum Gasteiger partial charge on any atom is -0.303 e. The van der Waals surface area contributed by atoms with Gasteiger partial charge in [0.1, 0.15) is 6.29 Å². The first-order valence-corrected chi connectivity index (χ1v) is 5.31. The Morgan fingerprint density at radius 1 is 1.38 bits per heavy atom. The van der Waals surface area contributed by atoms with E-state index in [1.807, 2.05) is 36.0 Å². The summed E-state index contributed by atoms with van der Waals surface area (Å²) < 4.78 is 1.85. The highest BCUT2D eigenvalue weighted by atomic mass is 16.1. The van der Waals surface area contributed by atoms with Gasteiger partial charge in [-0.25, -0.2) is 0 Å². The molecule has 0 aliphatic carbocycles. The molecule has 3 nitrogen and oxygen atoms in total. The van der Waals surface area contributed by atoms with Crippen LogP contribution in [-0.4, -0.2) is 16.1 Å². The lowest BCUT2D eigenvalue weighted by Crippen LogP contribution is -1.99. The zero-order chi connectivity index (χ0) is 11.4. The average molecular weight is 214 g/mol. The molecule has 82 valence electrons. The molecule has 0 bridgehead atoms. The molecule has 1 unspecified atom stereocenters. The number of benzene rings is 1. The van der Waals surface area contributed by atoms with Crippen molar-refractivity contribution in [1.82, 2.24) is 9.78 Å². The molecule has 0 saturated heterocycles. The van der Waals surface area contributed by atoms with Gasteiger partial charge in [0.25, 0.3) is 0 Å². The highest BCUT2D eigenvalue weighted by Crippen LogP contribution is 2.11. The fraction of sp³-hybridized carbons (Fsp3) is 0.231. The van der Waals surface area contributed by atoms with Crippen molar-refractivity contribution in [3.8, 4) is 0 Å². The number of rotatable bonds is 4. The maximum atomic E-state index is 10.6. The van der Waals surface area contributed by atoms with Crippen LogP contribution in [0.4, 0.5) is 0 Å². The third kappa shape index (κ3) is 2.37. The summed E-state index contributed by atoms with van der Waals surface area (Å²) in [5.74, 6) is -0.0791. The first kappa shape index (κ1) is 10.6. The van der Waals surface area contributed by atoms with Crippen molar-refractivity contribution >= 4 is 6.29 Å². The molecule has 0 amide bonds. The minimum atomic E-state index is -0.0791. The standard InChI is InChI=1S/C13H14N2O/c1-11(10-16)13-7-14-15(9-13)8-12-5-3-2-4-6-12/h2-7,9-11H,8H2,1H3. The smallest absolute Gasteiger partial charge is 0.127 e. The molecule has 0 radical (unpaired) electrons. The number of carbonyl (C=O) groups excluding carboxylic acids is 1. The van der Waals surface area contributed by atoms with Gasteiger partial charge in [-0.3, -0.25) is 4.68 Å². The summed E-state index contributed by atoms with van der Waals surface area (Å²) in [6, 6.07) is 10.1. The molecule has 1 aromatic carbocycles. The predicted molar refractivity (Wildman–Crippen MR) is 62.3 cm³/mol. The van der Waals surface area contributed by atoms with Gasteiger partial charge in [-0.15, -0.1) is 0 Å². The highest BCUT2D eigenvalue weighted by Gasteiger charge is 2.06. The van der Waals surface area contributed by atoms with Gasteiger partial charge in [-0.2, -0.15) is 5.10 Å². The van der Waals surface area contributed by atoms with E-state index in [2.05, 4.69) is 17.2 Å². The highest BCUT2D eigenvalue weighted by molar-refractivity contribution is 5.60. The molecule has 2 rings (SSSR count). The largest absolute Gasteiger partial charge is 0.303 e. The average Bonchev–Trinajstić information content (AvgIpc) is 2.78. The van der Waals surface area contributed by atoms with Crippen LogP contribution >= 0.6 is 0 Å². The Balaban J connectivity index is 2.11. The minimum absolute atomic E-state index is 0.0791.